The van der Waals surface area contributed by atoms with Gasteiger partial charge in [0.05, 0.1) is 0 Å². The zero-order valence-electron chi connectivity index (χ0n) is 14.5. The van der Waals surface area contributed by atoms with Crippen LogP contribution >= 0.6 is 27.7 Å². The monoisotopic (exact) mass is 418 g/mol. The van der Waals surface area contributed by atoms with Crippen molar-refractivity contribution in [3.63, 3.8) is 0 Å². The molecular weight excluding hydrogens is 396 g/mol. The SMILES string of the molecule is CN(C)CCCNC(=O)/C=C/c1ccccc1Sc1ccc(Br)cc1. The van der Waals surface area contributed by atoms with Gasteiger partial charge in [0.15, 0.2) is 0 Å². The molecule has 0 saturated heterocycles. The summed E-state index contributed by atoms with van der Waals surface area (Å²) in [5.41, 5.74) is 1.04. The Morgan fingerprint density at radius 3 is 2.60 bits per heavy atom. The van der Waals surface area contributed by atoms with Crippen LogP contribution in [0.5, 0.6) is 0 Å². The lowest BCUT2D eigenvalue weighted by Gasteiger charge is -2.09. The van der Waals surface area contributed by atoms with Gasteiger partial charge in [-0.25, -0.2) is 0 Å². The normalized spacial score (nSPS) is 11.2. The molecule has 2 aromatic rings. The minimum Gasteiger partial charge on any atom is -0.353 e. The first-order chi connectivity index (χ1) is 12.0. The van der Waals surface area contributed by atoms with Crippen molar-refractivity contribution in [1.29, 1.82) is 0 Å². The predicted octanol–water partition coefficient (Wildman–Crippen LogP) is 4.68. The van der Waals surface area contributed by atoms with Crippen molar-refractivity contribution in [2.45, 2.75) is 16.2 Å². The smallest absolute Gasteiger partial charge is 0.244 e. The number of carbonyl (C=O) groups is 1. The van der Waals surface area contributed by atoms with Crippen molar-refractivity contribution in [2.75, 3.05) is 27.2 Å². The Morgan fingerprint density at radius 2 is 1.88 bits per heavy atom. The molecule has 0 unspecified atom stereocenters. The summed E-state index contributed by atoms with van der Waals surface area (Å²) in [6.45, 7) is 1.66. The van der Waals surface area contributed by atoms with Crippen molar-refractivity contribution in [3.8, 4) is 0 Å². The summed E-state index contributed by atoms with van der Waals surface area (Å²) in [5, 5.41) is 2.92. The van der Waals surface area contributed by atoms with Crippen LogP contribution in [0.25, 0.3) is 6.08 Å². The molecule has 0 radical (unpaired) electrons. The third-order valence-electron chi connectivity index (χ3n) is 3.46. The molecule has 0 atom stereocenters. The Balaban J connectivity index is 1.95. The maximum absolute atomic E-state index is 11.9. The van der Waals surface area contributed by atoms with E-state index in [1.807, 2.05) is 50.5 Å². The predicted molar refractivity (Wildman–Crippen MR) is 110 cm³/mol. The Labute approximate surface area is 162 Å². The van der Waals surface area contributed by atoms with Crippen LogP contribution in [0.3, 0.4) is 0 Å². The summed E-state index contributed by atoms with van der Waals surface area (Å²) in [5.74, 6) is -0.0535. The van der Waals surface area contributed by atoms with E-state index < -0.39 is 0 Å². The summed E-state index contributed by atoms with van der Waals surface area (Å²) in [6, 6.07) is 16.3. The van der Waals surface area contributed by atoms with E-state index in [4.69, 9.17) is 0 Å². The second-order valence-electron chi connectivity index (χ2n) is 5.87. The van der Waals surface area contributed by atoms with Crippen LogP contribution in [0.4, 0.5) is 0 Å². The van der Waals surface area contributed by atoms with Gasteiger partial charge in [-0.2, -0.15) is 0 Å². The summed E-state index contributed by atoms with van der Waals surface area (Å²) < 4.78 is 1.07. The largest absolute Gasteiger partial charge is 0.353 e. The number of nitrogens with one attached hydrogen (secondary N) is 1. The second kappa shape index (κ2) is 10.4. The number of hydrogen-bond acceptors (Lipinski definition) is 3. The Hall–Kier alpha value is -1.56. The third-order valence-corrected chi connectivity index (χ3v) is 5.08. The van der Waals surface area contributed by atoms with Crippen LogP contribution < -0.4 is 5.32 Å². The van der Waals surface area contributed by atoms with Crippen LogP contribution in [0.1, 0.15) is 12.0 Å². The van der Waals surface area contributed by atoms with Crippen LogP contribution in [0.2, 0.25) is 0 Å². The van der Waals surface area contributed by atoms with Crippen molar-refractivity contribution >= 4 is 39.7 Å². The molecule has 5 heteroatoms. The van der Waals surface area contributed by atoms with E-state index in [1.54, 1.807) is 17.8 Å². The molecule has 0 heterocycles. The number of halogens is 1. The molecule has 2 aromatic carbocycles. The highest BCUT2D eigenvalue weighted by Gasteiger charge is 2.03. The molecule has 2 rings (SSSR count). The molecule has 0 saturated carbocycles. The van der Waals surface area contributed by atoms with Gasteiger partial charge in [0, 0.05) is 26.9 Å². The molecule has 3 nitrogen and oxygen atoms in total. The quantitative estimate of drug-likeness (QED) is 0.498. The number of amides is 1. The van der Waals surface area contributed by atoms with Crippen LogP contribution in [-0.4, -0.2) is 38.0 Å². The van der Waals surface area contributed by atoms with Crippen molar-refractivity contribution in [3.05, 3.63) is 64.6 Å². The highest BCUT2D eigenvalue weighted by molar-refractivity contribution is 9.10. The fraction of sp³-hybridized carbons (Fsp3) is 0.250. The molecule has 1 amide bonds. The van der Waals surface area contributed by atoms with Gasteiger partial charge in [-0.1, -0.05) is 45.9 Å². The van der Waals surface area contributed by atoms with Gasteiger partial charge in [-0.3, -0.25) is 4.79 Å². The summed E-state index contributed by atoms with van der Waals surface area (Å²) >= 11 is 5.14. The number of carbonyl (C=O) groups excluding carboxylic acids is 1. The van der Waals surface area contributed by atoms with E-state index >= 15 is 0 Å². The van der Waals surface area contributed by atoms with Gasteiger partial charge < -0.3 is 10.2 Å². The molecule has 0 aliphatic heterocycles. The van der Waals surface area contributed by atoms with Gasteiger partial charge in [-0.05, 0) is 69.0 Å². The first kappa shape index (κ1) is 19.8. The lowest BCUT2D eigenvalue weighted by atomic mass is 10.2. The maximum Gasteiger partial charge on any atom is 0.244 e. The zero-order valence-corrected chi connectivity index (χ0v) is 16.9. The summed E-state index contributed by atoms with van der Waals surface area (Å²) in [4.78, 5) is 16.3. The lowest BCUT2D eigenvalue weighted by Crippen LogP contribution is -2.25. The van der Waals surface area contributed by atoms with E-state index in [1.165, 1.54) is 0 Å². The van der Waals surface area contributed by atoms with E-state index in [0.29, 0.717) is 6.54 Å². The molecule has 0 aliphatic carbocycles. The number of hydrogen-bond donors (Lipinski definition) is 1. The molecule has 0 fully saturated rings. The van der Waals surface area contributed by atoms with Gasteiger partial charge >= 0.3 is 0 Å². The van der Waals surface area contributed by atoms with Crippen molar-refractivity contribution in [1.82, 2.24) is 10.2 Å². The summed E-state index contributed by atoms with van der Waals surface area (Å²) in [7, 11) is 4.06. The Kier molecular flexibility index (Phi) is 8.25. The van der Waals surface area contributed by atoms with Crippen molar-refractivity contribution < 1.29 is 4.79 Å². The van der Waals surface area contributed by atoms with Gasteiger partial charge in [-0.15, -0.1) is 0 Å². The first-order valence-corrected chi connectivity index (χ1v) is 9.78. The molecule has 0 bridgehead atoms. The van der Waals surface area contributed by atoms with Gasteiger partial charge in [0.2, 0.25) is 5.91 Å². The number of rotatable bonds is 8. The lowest BCUT2D eigenvalue weighted by molar-refractivity contribution is -0.116. The fourth-order valence-corrected chi connectivity index (χ4v) is 3.36. The molecule has 1 N–H and O–H groups in total. The number of nitrogens with zero attached hydrogens (tertiary/aromatic N) is 1. The Bertz CT molecular complexity index is 714. The fourth-order valence-electron chi connectivity index (χ4n) is 2.17. The molecule has 25 heavy (non-hydrogen) atoms. The van der Waals surface area contributed by atoms with Crippen molar-refractivity contribution in [2.24, 2.45) is 0 Å². The zero-order chi connectivity index (χ0) is 18.1. The van der Waals surface area contributed by atoms with Crippen LogP contribution in [-0.2, 0) is 4.79 Å². The molecule has 0 aromatic heterocycles. The average Bonchev–Trinajstić information content (AvgIpc) is 2.60. The second-order valence-corrected chi connectivity index (χ2v) is 7.91. The topological polar surface area (TPSA) is 32.3 Å². The van der Waals surface area contributed by atoms with E-state index in [2.05, 4.69) is 44.3 Å². The van der Waals surface area contributed by atoms with E-state index in [0.717, 1.165) is 32.8 Å². The minimum atomic E-state index is -0.0535. The highest BCUT2D eigenvalue weighted by atomic mass is 79.9. The minimum absolute atomic E-state index is 0.0535. The molecule has 0 spiro atoms. The van der Waals surface area contributed by atoms with Crippen LogP contribution in [0.15, 0.2) is 68.9 Å². The first-order valence-electron chi connectivity index (χ1n) is 8.17. The summed E-state index contributed by atoms with van der Waals surface area (Å²) in [6.07, 6.45) is 4.43. The van der Waals surface area contributed by atoms with E-state index in [9.17, 15) is 4.79 Å². The number of benzene rings is 2. The molecular formula is C20H23BrN2OS. The van der Waals surface area contributed by atoms with E-state index in [-0.39, 0.29) is 5.91 Å². The standard InChI is InChI=1S/C20H23BrN2OS/c1-23(2)15-5-14-22-20(24)13-8-16-6-3-4-7-19(16)25-18-11-9-17(21)10-12-18/h3-4,6-13H,5,14-15H2,1-2H3,(H,22,24)/b13-8+. The van der Waals surface area contributed by atoms with Crippen LogP contribution in [0, 0.1) is 0 Å². The molecule has 132 valence electrons. The Morgan fingerprint density at radius 1 is 1.16 bits per heavy atom. The van der Waals surface area contributed by atoms with Gasteiger partial charge in [0.25, 0.3) is 0 Å². The highest BCUT2D eigenvalue weighted by Crippen LogP contribution is 2.31. The average molecular weight is 419 g/mol. The van der Waals surface area contributed by atoms with Gasteiger partial charge in [0.1, 0.15) is 0 Å². The molecule has 0 aliphatic rings. The maximum atomic E-state index is 11.9. The third kappa shape index (κ3) is 7.46.